The van der Waals surface area contributed by atoms with Crippen LogP contribution in [0.5, 0.6) is 11.5 Å². The second-order valence-corrected chi connectivity index (χ2v) is 3.19. The first-order chi connectivity index (χ1) is 8.40. The SMILES string of the molecule is COC(=O)CCOc1ccc(OC(F)(F)F)cc1. The molecule has 0 radical (unpaired) electrons. The fraction of sp³-hybridized carbons (Fsp3) is 0.364. The van der Waals surface area contributed by atoms with E-state index in [1.165, 1.54) is 19.2 Å². The zero-order chi connectivity index (χ0) is 13.6. The number of halogens is 3. The molecule has 4 nitrogen and oxygen atoms in total. The predicted octanol–water partition coefficient (Wildman–Crippen LogP) is 2.53. The Morgan fingerprint density at radius 3 is 2.22 bits per heavy atom. The van der Waals surface area contributed by atoms with Gasteiger partial charge in [0, 0.05) is 0 Å². The number of carbonyl (C=O) groups excluding carboxylic acids is 1. The lowest BCUT2D eigenvalue weighted by Gasteiger charge is -2.09. The molecule has 100 valence electrons. The van der Waals surface area contributed by atoms with Gasteiger partial charge in [0.05, 0.1) is 20.1 Å². The maximum Gasteiger partial charge on any atom is 0.573 e. The van der Waals surface area contributed by atoms with Crippen LogP contribution in [0.15, 0.2) is 24.3 Å². The van der Waals surface area contributed by atoms with Gasteiger partial charge in [0.15, 0.2) is 0 Å². The first-order valence-corrected chi connectivity index (χ1v) is 4.96. The van der Waals surface area contributed by atoms with Crippen molar-refractivity contribution >= 4 is 5.97 Å². The van der Waals surface area contributed by atoms with Crippen LogP contribution < -0.4 is 9.47 Å². The van der Waals surface area contributed by atoms with Gasteiger partial charge in [-0.1, -0.05) is 0 Å². The molecule has 0 spiro atoms. The average Bonchev–Trinajstić information content (AvgIpc) is 2.29. The number of ether oxygens (including phenoxy) is 3. The number of carbonyl (C=O) groups is 1. The zero-order valence-electron chi connectivity index (χ0n) is 9.49. The molecule has 1 aromatic carbocycles. The first-order valence-electron chi connectivity index (χ1n) is 4.96. The molecule has 1 aromatic rings. The molecule has 0 aliphatic heterocycles. The fourth-order valence-corrected chi connectivity index (χ4v) is 1.09. The minimum atomic E-state index is -4.72. The van der Waals surface area contributed by atoms with Crippen molar-refractivity contribution in [3.8, 4) is 11.5 Å². The molecule has 0 unspecified atom stereocenters. The van der Waals surface area contributed by atoms with Gasteiger partial charge in [0.25, 0.3) is 0 Å². The smallest absolute Gasteiger partial charge is 0.493 e. The Balaban J connectivity index is 2.43. The van der Waals surface area contributed by atoms with Gasteiger partial charge in [-0.2, -0.15) is 0 Å². The topological polar surface area (TPSA) is 44.8 Å². The van der Waals surface area contributed by atoms with Crippen LogP contribution in [0.3, 0.4) is 0 Å². The Morgan fingerprint density at radius 1 is 1.17 bits per heavy atom. The molecule has 0 fully saturated rings. The number of benzene rings is 1. The molecular weight excluding hydrogens is 253 g/mol. The second kappa shape index (κ2) is 6.13. The fourth-order valence-electron chi connectivity index (χ4n) is 1.09. The van der Waals surface area contributed by atoms with Crippen molar-refractivity contribution in [1.82, 2.24) is 0 Å². The van der Waals surface area contributed by atoms with Gasteiger partial charge in [-0.15, -0.1) is 13.2 Å². The maximum atomic E-state index is 11.9. The summed E-state index contributed by atoms with van der Waals surface area (Å²) in [6.07, 6.45) is -4.65. The third-order valence-corrected chi connectivity index (χ3v) is 1.86. The molecule has 18 heavy (non-hydrogen) atoms. The van der Waals surface area contributed by atoms with E-state index >= 15 is 0 Å². The molecule has 7 heteroatoms. The van der Waals surface area contributed by atoms with Crippen LogP contribution in [-0.4, -0.2) is 26.0 Å². The molecule has 0 amide bonds. The first kappa shape index (κ1) is 14.1. The van der Waals surface area contributed by atoms with Crippen LogP contribution in [-0.2, 0) is 9.53 Å². The molecule has 0 saturated carbocycles. The number of hydrogen-bond acceptors (Lipinski definition) is 4. The van der Waals surface area contributed by atoms with Crippen molar-refractivity contribution < 1.29 is 32.2 Å². The highest BCUT2D eigenvalue weighted by molar-refractivity contribution is 5.69. The molecule has 0 bridgehead atoms. The van der Waals surface area contributed by atoms with Crippen LogP contribution in [0.4, 0.5) is 13.2 Å². The molecule has 0 aliphatic carbocycles. The summed E-state index contributed by atoms with van der Waals surface area (Å²) in [5, 5.41) is 0. The molecule has 0 N–H and O–H groups in total. The normalized spacial score (nSPS) is 10.9. The second-order valence-electron chi connectivity index (χ2n) is 3.19. The van der Waals surface area contributed by atoms with E-state index in [9.17, 15) is 18.0 Å². The van der Waals surface area contributed by atoms with Crippen LogP contribution in [0, 0.1) is 0 Å². The standard InChI is InChI=1S/C11H11F3O4/c1-16-10(15)6-7-17-8-2-4-9(5-3-8)18-11(12,13)14/h2-5H,6-7H2,1H3. The Hall–Kier alpha value is -1.92. The third kappa shape index (κ3) is 5.42. The van der Waals surface area contributed by atoms with E-state index in [-0.39, 0.29) is 18.8 Å². The molecule has 0 aromatic heterocycles. The van der Waals surface area contributed by atoms with E-state index in [1.54, 1.807) is 0 Å². The summed E-state index contributed by atoms with van der Waals surface area (Å²) >= 11 is 0. The summed E-state index contributed by atoms with van der Waals surface area (Å²) in [6, 6.07) is 4.89. The lowest BCUT2D eigenvalue weighted by molar-refractivity contribution is -0.274. The number of rotatable bonds is 5. The van der Waals surface area contributed by atoms with Crippen molar-refractivity contribution in [2.45, 2.75) is 12.8 Å². The monoisotopic (exact) mass is 264 g/mol. The molecule has 0 heterocycles. The van der Waals surface area contributed by atoms with E-state index in [0.29, 0.717) is 5.75 Å². The minimum absolute atomic E-state index is 0.0668. The zero-order valence-corrected chi connectivity index (χ0v) is 9.49. The molecule has 1 rings (SSSR count). The lowest BCUT2D eigenvalue weighted by atomic mass is 10.3. The highest BCUT2D eigenvalue weighted by atomic mass is 19.4. The summed E-state index contributed by atoms with van der Waals surface area (Å²) in [5.74, 6) is -0.414. The van der Waals surface area contributed by atoms with Crippen molar-refractivity contribution in [1.29, 1.82) is 0 Å². The average molecular weight is 264 g/mol. The predicted molar refractivity (Wildman–Crippen MR) is 55.3 cm³/mol. The van der Waals surface area contributed by atoms with Crippen LogP contribution in [0.1, 0.15) is 6.42 Å². The Labute approximate surface area is 101 Å². The maximum absolute atomic E-state index is 11.9. The Bertz CT molecular complexity index is 386. The highest BCUT2D eigenvalue weighted by Gasteiger charge is 2.30. The third-order valence-electron chi connectivity index (χ3n) is 1.86. The van der Waals surface area contributed by atoms with E-state index in [4.69, 9.17) is 4.74 Å². The molecule has 0 saturated heterocycles. The van der Waals surface area contributed by atoms with E-state index in [0.717, 1.165) is 12.1 Å². The van der Waals surface area contributed by atoms with Crippen molar-refractivity contribution in [3.63, 3.8) is 0 Å². The molecule has 0 aliphatic rings. The van der Waals surface area contributed by atoms with Gasteiger partial charge < -0.3 is 14.2 Å². The number of hydrogen-bond donors (Lipinski definition) is 0. The van der Waals surface area contributed by atoms with Gasteiger partial charge in [-0.25, -0.2) is 0 Å². The van der Waals surface area contributed by atoms with Gasteiger partial charge in [0.1, 0.15) is 11.5 Å². The highest BCUT2D eigenvalue weighted by Crippen LogP contribution is 2.24. The van der Waals surface area contributed by atoms with Gasteiger partial charge in [-0.05, 0) is 24.3 Å². The molecule has 0 atom stereocenters. The number of esters is 1. The molecular formula is C11H11F3O4. The summed E-state index contributed by atoms with van der Waals surface area (Å²) in [5.41, 5.74) is 0. The number of alkyl halides is 3. The Kier molecular flexibility index (Phi) is 4.82. The lowest BCUT2D eigenvalue weighted by Crippen LogP contribution is -2.17. The van der Waals surface area contributed by atoms with Crippen molar-refractivity contribution in [2.75, 3.05) is 13.7 Å². The number of methoxy groups -OCH3 is 1. The van der Waals surface area contributed by atoms with Crippen molar-refractivity contribution in [3.05, 3.63) is 24.3 Å². The van der Waals surface area contributed by atoms with E-state index < -0.39 is 12.3 Å². The van der Waals surface area contributed by atoms with E-state index in [2.05, 4.69) is 9.47 Å². The Morgan fingerprint density at radius 2 is 1.72 bits per heavy atom. The largest absolute Gasteiger partial charge is 0.573 e. The van der Waals surface area contributed by atoms with Crippen LogP contribution >= 0.6 is 0 Å². The van der Waals surface area contributed by atoms with Crippen LogP contribution in [0.2, 0.25) is 0 Å². The van der Waals surface area contributed by atoms with Gasteiger partial charge in [-0.3, -0.25) is 4.79 Å². The van der Waals surface area contributed by atoms with Crippen LogP contribution in [0.25, 0.3) is 0 Å². The van der Waals surface area contributed by atoms with Crippen molar-refractivity contribution in [2.24, 2.45) is 0 Å². The summed E-state index contributed by atoms with van der Waals surface area (Å²) < 4.78 is 48.8. The van der Waals surface area contributed by atoms with Gasteiger partial charge >= 0.3 is 12.3 Å². The summed E-state index contributed by atoms with van der Waals surface area (Å²) in [6.45, 7) is 0.0894. The van der Waals surface area contributed by atoms with E-state index in [1.807, 2.05) is 0 Å². The quantitative estimate of drug-likeness (QED) is 0.766. The summed E-state index contributed by atoms with van der Waals surface area (Å²) in [7, 11) is 1.26. The summed E-state index contributed by atoms with van der Waals surface area (Å²) in [4.78, 5) is 10.8. The van der Waals surface area contributed by atoms with Gasteiger partial charge in [0.2, 0.25) is 0 Å². The minimum Gasteiger partial charge on any atom is -0.493 e.